The lowest BCUT2D eigenvalue weighted by Gasteiger charge is -2.10. The first kappa shape index (κ1) is 16.5. The Morgan fingerprint density at radius 1 is 1.33 bits per heavy atom. The van der Waals surface area contributed by atoms with E-state index in [-0.39, 0.29) is 12.3 Å². The summed E-state index contributed by atoms with van der Waals surface area (Å²) in [6.45, 7) is 1.94. The monoisotopic (exact) mass is 348 g/mol. The maximum Gasteiger partial charge on any atom is 0.230 e. The van der Waals surface area contributed by atoms with Crippen molar-refractivity contribution in [3.05, 3.63) is 41.1 Å². The SMILES string of the molecule is Cc1c(NC(=O)Cc2ccccc2NS(C)(=O)=O)n[nH]c1C1CC1. The predicted molar refractivity (Wildman–Crippen MR) is 92.5 cm³/mol. The molecule has 0 atom stereocenters. The summed E-state index contributed by atoms with van der Waals surface area (Å²) in [5, 5.41) is 9.96. The highest BCUT2D eigenvalue weighted by Crippen LogP contribution is 2.41. The van der Waals surface area contributed by atoms with Crippen LogP contribution >= 0.6 is 0 Å². The fourth-order valence-electron chi connectivity index (χ4n) is 2.63. The van der Waals surface area contributed by atoms with E-state index in [0.717, 1.165) is 30.4 Å². The zero-order chi connectivity index (χ0) is 17.3. The topological polar surface area (TPSA) is 104 Å². The van der Waals surface area contributed by atoms with Crippen molar-refractivity contribution in [2.45, 2.75) is 32.1 Å². The van der Waals surface area contributed by atoms with Crippen LogP contribution in [0.15, 0.2) is 24.3 Å². The Kier molecular flexibility index (Phi) is 4.31. The maximum atomic E-state index is 12.3. The Morgan fingerprint density at radius 3 is 2.71 bits per heavy atom. The number of nitrogens with zero attached hydrogens (tertiary/aromatic N) is 1. The van der Waals surface area contributed by atoms with Gasteiger partial charge in [-0.3, -0.25) is 14.6 Å². The van der Waals surface area contributed by atoms with Gasteiger partial charge in [0.05, 0.1) is 18.4 Å². The van der Waals surface area contributed by atoms with E-state index >= 15 is 0 Å². The van der Waals surface area contributed by atoms with Crippen molar-refractivity contribution in [2.24, 2.45) is 0 Å². The fraction of sp³-hybridized carbons (Fsp3) is 0.375. The number of amides is 1. The van der Waals surface area contributed by atoms with Crippen LogP contribution < -0.4 is 10.0 Å². The Morgan fingerprint density at radius 2 is 2.04 bits per heavy atom. The smallest absolute Gasteiger partial charge is 0.230 e. The lowest BCUT2D eigenvalue weighted by atomic mass is 10.1. The number of carbonyl (C=O) groups is 1. The zero-order valence-electron chi connectivity index (χ0n) is 13.6. The normalized spacial score (nSPS) is 14.4. The average Bonchev–Trinajstić information content (AvgIpc) is 3.26. The quantitative estimate of drug-likeness (QED) is 0.744. The van der Waals surface area contributed by atoms with Gasteiger partial charge >= 0.3 is 0 Å². The number of aromatic nitrogens is 2. The number of nitrogens with one attached hydrogen (secondary N) is 3. The van der Waals surface area contributed by atoms with Crippen LogP contribution in [0.25, 0.3) is 0 Å². The number of hydrogen-bond acceptors (Lipinski definition) is 4. The number of para-hydroxylation sites is 1. The minimum Gasteiger partial charge on any atom is -0.309 e. The van der Waals surface area contributed by atoms with Gasteiger partial charge in [-0.2, -0.15) is 5.10 Å². The number of aromatic amines is 1. The molecule has 8 heteroatoms. The predicted octanol–water partition coefficient (Wildman–Crippen LogP) is 2.15. The van der Waals surface area contributed by atoms with Gasteiger partial charge in [-0.15, -0.1) is 0 Å². The molecule has 7 nitrogen and oxygen atoms in total. The van der Waals surface area contributed by atoms with Crippen LogP contribution in [0.3, 0.4) is 0 Å². The van der Waals surface area contributed by atoms with E-state index in [1.165, 1.54) is 0 Å². The first-order chi connectivity index (χ1) is 11.3. The number of carbonyl (C=O) groups excluding carboxylic acids is 1. The van der Waals surface area contributed by atoms with Gasteiger partial charge in [-0.1, -0.05) is 18.2 Å². The van der Waals surface area contributed by atoms with Crippen molar-refractivity contribution in [1.82, 2.24) is 10.2 Å². The minimum absolute atomic E-state index is 0.0593. The third kappa shape index (κ3) is 3.94. The first-order valence-corrected chi connectivity index (χ1v) is 9.63. The third-order valence-corrected chi connectivity index (χ3v) is 4.55. The number of rotatable bonds is 6. The lowest BCUT2D eigenvalue weighted by molar-refractivity contribution is -0.115. The second-order valence-electron chi connectivity index (χ2n) is 6.14. The van der Waals surface area contributed by atoms with E-state index in [9.17, 15) is 13.2 Å². The molecule has 0 aliphatic heterocycles. The Balaban J connectivity index is 1.71. The highest BCUT2D eigenvalue weighted by molar-refractivity contribution is 7.92. The molecule has 0 bridgehead atoms. The van der Waals surface area contributed by atoms with E-state index in [1.807, 2.05) is 6.92 Å². The van der Waals surface area contributed by atoms with Crippen molar-refractivity contribution >= 4 is 27.4 Å². The van der Waals surface area contributed by atoms with Crippen LogP contribution in [0.5, 0.6) is 0 Å². The van der Waals surface area contributed by atoms with Crippen LogP contribution in [0.2, 0.25) is 0 Å². The Bertz CT molecular complexity index is 869. The summed E-state index contributed by atoms with van der Waals surface area (Å²) in [7, 11) is -3.40. The van der Waals surface area contributed by atoms with Crippen LogP contribution in [0.1, 0.15) is 35.6 Å². The third-order valence-electron chi connectivity index (χ3n) is 3.95. The molecule has 1 heterocycles. The highest BCUT2D eigenvalue weighted by Gasteiger charge is 2.28. The molecule has 1 amide bonds. The largest absolute Gasteiger partial charge is 0.309 e. The van der Waals surface area contributed by atoms with Gasteiger partial charge in [-0.05, 0) is 31.4 Å². The summed E-state index contributed by atoms with van der Waals surface area (Å²) in [5.41, 5.74) is 3.07. The van der Waals surface area contributed by atoms with Crippen LogP contribution in [-0.2, 0) is 21.2 Å². The van der Waals surface area contributed by atoms with Gasteiger partial charge in [-0.25, -0.2) is 8.42 Å². The molecule has 1 aromatic carbocycles. The number of hydrogen-bond donors (Lipinski definition) is 3. The first-order valence-electron chi connectivity index (χ1n) is 7.74. The minimum atomic E-state index is -3.40. The zero-order valence-corrected chi connectivity index (χ0v) is 14.4. The summed E-state index contributed by atoms with van der Waals surface area (Å²) in [5.74, 6) is 0.827. The van der Waals surface area contributed by atoms with E-state index < -0.39 is 10.0 Å². The summed E-state index contributed by atoms with van der Waals surface area (Å²) >= 11 is 0. The molecule has 0 spiro atoms. The highest BCUT2D eigenvalue weighted by atomic mass is 32.2. The molecule has 1 aromatic heterocycles. The second kappa shape index (κ2) is 6.27. The van der Waals surface area contributed by atoms with Crippen LogP contribution in [-0.4, -0.2) is 30.8 Å². The van der Waals surface area contributed by atoms with E-state index in [4.69, 9.17) is 0 Å². The molecule has 1 fully saturated rings. The summed E-state index contributed by atoms with van der Waals surface area (Å²) in [6, 6.07) is 6.84. The molecular weight excluding hydrogens is 328 g/mol. The molecule has 128 valence electrons. The summed E-state index contributed by atoms with van der Waals surface area (Å²) in [4.78, 5) is 12.3. The van der Waals surface area contributed by atoms with Gasteiger partial charge in [0, 0.05) is 17.2 Å². The number of anilines is 2. The van der Waals surface area contributed by atoms with Gasteiger partial charge in [0.1, 0.15) is 0 Å². The molecule has 1 saturated carbocycles. The van der Waals surface area contributed by atoms with Crippen molar-refractivity contribution in [2.75, 3.05) is 16.3 Å². The Labute approximate surface area is 140 Å². The lowest BCUT2D eigenvalue weighted by Crippen LogP contribution is -2.17. The van der Waals surface area contributed by atoms with Crippen LogP contribution in [0.4, 0.5) is 11.5 Å². The molecule has 3 N–H and O–H groups in total. The van der Waals surface area contributed by atoms with Gasteiger partial charge in [0.25, 0.3) is 0 Å². The van der Waals surface area contributed by atoms with Gasteiger partial charge in [0.15, 0.2) is 5.82 Å². The Hall–Kier alpha value is -2.35. The molecular formula is C16H20N4O3S. The molecule has 24 heavy (non-hydrogen) atoms. The van der Waals surface area contributed by atoms with Crippen molar-refractivity contribution in [1.29, 1.82) is 0 Å². The van der Waals surface area contributed by atoms with E-state index in [0.29, 0.717) is 23.0 Å². The molecule has 0 unspecified atom stereocenters. The fourth-order valence-corrected chi connectivity index (χ4v) is 3.22. The standard InChI is InChI=1S/C16H20N4O3S/c1-10-15(11-7-8-11)18-19-16(10)17-14(21)9-12-5-3-4-6-13(12)20-24(2,22)23/h3-6,11,20H,7-9H2,1-2H3,(H2,17,18,19,21). The van der Waals surface area contributed by atoms with E-state index in [2.05, 4.69) is 20.2 Å². The molecule has 2 aromatic rings. The number of benzene rings is 1. The van der Waals surface area contributed by atoms with Crippen molar-refractivity contribution < 1.29 is 13.2 Å². The summed E-state index contributed by atoms with van der Waals surface area (Å²) < 4.78 is 25.3. The molecule has 1 aliphatic rings. The van der Waals surface area contributed by atoms with Crippen LogP contribution in [0, 0.1) is 6.92 Å². The average molecular weight is 348 g/mol. The number of sulfonamides is 1. The van der Waals surface area contributed by atoms with Crippen molar-refractivity contribution in [3.63, 3.8) is 0 Å². The van der Waals surface area contributed by atoms with E-state index in [1.54, 1.807) is 24.3 Å². The molecule has 3 rings (SSSR count). The maximum absolute atomic E-state index is 12.3. The van der Waals surface area contributed by atoms with Crippen molar-refractivity contribution in [3.8, 4) is 0 Å². The number of H-pyrrole nitrogens is 1. The molecule has 0 saturated heterocycles. The van der Waals surface area contributed by atoms with Gasteiger partial charge < -0.3 is 5.32 Å². The second-order valence-corrected chi connectivity index (χ2v) is 7.89. The molecule has 0 radical (unpaired) electrons. The molecule has 1 aliphatic carbocycles. The van der Waals surface area contributed by atoms with Gasteiger partial charge in [0.2, 0.25) is 15.9 Å². The summed E-state index contributed by atoms with van der Waals surface area (Å²) in [6.07, 6.45) is 3.45.